The summed E-state index contributed by atoms with van der Waals surface area (Å²) in [5.74, 6) is -1.49. The van der Waals surface area contributed by atoms with E-state index in [4.69, 9.17) is 5.11 Å². The SMILES string of the molecule is O=C(O)c1[nH]c(=O)[nH]c(=O)c1CCc1cccc(C(F)(F)F)c1. The second-order valence-corrected chi connectivity index (χ2v) is 4.77. The highest BCUT2D eigenvalue weighted by Gasteiger charge is 2.30. The largest absolute Gasteiger partial charge is 0.477 e. The smallest absolute Gasteiger partial charge is 0.416 e. The number of aromatic nitrogens is 2. The molecule has 2 aromatic rings. The molecule has 0 spiro atoms. The van der Waals surface area contributed by atoms with E-state index in [1.807, 2.05) is 9.97 Å². The lowest BCUT2D eigenvalue weighted by atomic mass is 10.0. The topological polar surface area (TPSA) is 103 Å². The molecule has 6 nitrogen and oxygen atoms in total. The summed E-state index contributed by atoms with van der Waals surface area (Å²) in [5, 5.41) is 8.99. The van der Waals surface area contributed by atoms with Gasteiger partial charge in [0.15, 0.2) is 0 Å². The van der Waals surface area contributed by atoms with E-state index in [-0.39, 0.29) is 18.4 Å². The second kappa shape index (κ2) is 6.11. The summed E-state index contributed by atoms with van der Waals surface area (Å²) in [7, 11) is 0. The molecule has 0 fully saturated rings. The van der Waals surface area contributed by atoms with Gasteiger partial charge in [-0.25, -0.2) is 9.59 Å². The first-order chi connectivity index (χ1) is 10.7. The van der Waals surface area contributed by atoms with Gasteiger partial charge in [0, 0.05) is 5.56 Å². The number of hydrogen-bond acceptors (Lipinski definition) is 3. The molecule has 0 saturated heterocycles. The van der Waals surface area contributed by atoms with Crippen LogP contribution in [0.5, 0.6) is 0 Å². The third-order valence-corrected chi connectivity index (χ3v) is 3.17. The number of aromatic carboxylic acids is 1. The summed E-state index contributed by atoms with van der Waals surface area (Å²) in [6, 6.07) is 4.52. The first-order valence-electron chi connectivity index (χ1n) is 6.43. The van der Waals surface area contributed by atoms with Crippen LogP contribution >= 0.6 is 0 Å². The maximum atomic E-state index is 12.6. The molecule has 122 valence electrons. The summed E-state index contributed by atoms with van der Waals surface area (Å²) in [4.78, 5) is 37.7. The Labute approximate surface area is 126 Å². The molecule has 0 radical (unpaired) electrons. The van der Waals surface area contributed by atoms with Gasteiger partial charge in [-0.05, 0) is 24.5 Å². The highest BCUT2D eigenvalue weighted by molar-refractivity contribution is 5.86. The number of hydrogen-bond donors (Lipinski definition) is 3. The van der Waals surface area contributed by atoms with Crippen LogP contribution in [0.15, 0.2) is 33.9 Å². The number of halogens is 3. The predicted octanol–water partition coefficient (Wildman–Crippen LogP) is 1.57. The molecule has 1 aromatic carbocycles. The fourth-order valence-corrected chi connectivity index (χ4v) is 2.11. The van der Waals surface area contributed by atoms with Crippen LogP contribution in [-0.4, -0.2) is 21.0 Å². The number of carboxylic acid groups (broad SMARTS) is 1. The molecule has 1 heterocycles. The Balaban J connectivity index is 2.30. The van der Waals surface area contributed by atoms with Crippen molar-refractivity contribution < 1.29 is 23.1 Å². The van der Waals surface area contributed by atoms with E-state index in [9.17, 15) is 27.6 Å². The van der Waals surface area contributed by atoms with E-state index in [1.54, 1.807) is 0 Å². The summed E-state index contributed by atoms with van der Waals surface area (Å²) in [5.41, 5.74) is -3.14. The van der Waals surface area contributed by atoms with Crippen molar-refractivity contribution in [3.05, 3.63) is 67.5 Å². The Kier molecular flexibility index (Phi) is 4.39. The first-order valence-corrected chi connectivity index (χ1v) is 6.43. The third kappa shape index (κ3) is 3.87. The molecule has 1 aromatic heterocycles. The van der Waals surface area contributed by atoms with Crippen molar-refractivity contribution in [2.24, 2.45) is 0 Å². The zero-order chi connectivity index (χ0) is 17.2. The maximum Gasteiger partial charge on any atom is 0.416 e. The van der Waals surface area contributed by atoms with Crippen LogP contribution in [0.25, 0.3) is 0 Å². The zero-order valence-electron chi connectivity index (χ0n) is 11.5. The Morgan fingerprint density at radius 3 is 2.43 bits per heavy atom. The summed E-state index contributed by atoms with van der Waals surface area (Å²) >= 11 is 0. The summed E-state index contributed by atoms with van der Waals surface area (Å²) in [6.45, 7) is 0. The van der Waals surface area contributed by atoms with Crippen LogP contribution in [0.1, 0.15) is 27.2 Å². The fraction of sp³-hybridized carbons (Fsp3) is 0.214. The number of aryl methyl sites for hydroxylation is 1. The van der Waals surface area contributed by atoms with E-state index in [1.165, 1.54) is 12.1 Å². The van der Waals surface area contributed by atoms with Gasteiger partial charge < -0.3 is 10.1 Å². The molecule has 0 bridgehead atoms. The van der Waals surface area contributed by atoms with Crippen LogP contribution in [0.3, 0.4) is 0 Å². The molecule has 0 saturated carbocycles. The average molecular weight is 328 g/mol. The molecule has 9 heteroatoms. The second-order valence-electron chi connectivity index (χ2n) is 4.77. The lowest BCUT2D eigenvalue weighted by molar-refractivity contribution is -0.137. The average Bonchev–Trinajstić information content (AvgIpc) is 2.45. The van der Waals surface area contributed by atoms with Gasteiger partial charge in [-0.15, -0.1) is 0 Å². The quantitative estimate of drug-likeness (QED) is 0.792. The third-order valence-electron chi connectivity index (χ3n) is 3.17. The molecule has 0 aliphatic carbocycles. The lowest BCUT2D eigenvalue weighted by Crippen LogP contribution is -2.30. The standard InChI is InChI=1S/C14H11F3N2O4/c15-14(16,17)8-3-1-2-7(6-8)4-5-9-10(12(21)22)18-13(23)19-11(9)20/h1-3,6H,4-5H2,(H,21,22)(H2,18,19,20,23). The number of nitrogens with one attached hydrogen (secondary N) is 2. The van der Waals surface area contributed by atoms with Crippen molar-refractivity contribution in [1.82, 2.24) is 9.97 Å². The summed E-state index contributed by atoms with van der Waals surface area (Å²) in [6.07, 6.45) is -4.61. The van der Waals surface area contributed by atoms with Crippen molar-refractivity contribution in [2.75, 3.05) is 0 Å². The zero-order valence-corrected chi connectivity index (χ0v) is 11.5. The number of alkyl halides is 3. The van der Waals surface area contributed by atoms with Gasteiger partial charge in [0.05, 0.1) is 5.56 Å². The Hall–Kier alpha value is -2.84. The monoisotopic (exact) mass is 328 g/mol. The predicted molar refractivity (Wildman–Crippen MR) is 73.5 cm³/mol. The minimum atomic E-state index is -4.49. The Morgan fingerprint density at radius 2 is 1.83 bits per heavy atom. The van der Waals surface area contributed by atoms with Gasteiger partial charge >= 0.3 is 17.8 Å². The van der Waals surface area contributed by atoms with Crippen molar-refractivity contribution in [2.45, 2.75) is 19.0 Å². The summed E-state index contributed by atoms with van der Waals surface area (Å²) < 4.78 is 37.9. The Bertz CT molecular complexity index is 852. The van der Waals surface area contributed by atoms with Crippen molar-refractivity contribution in [1.29, 1.82) is 0 Å². The number of carbonyl (C=O) groups is 1. The highest BCUT2D eigenvalue weighted by Crippen LogP contribution is 2.29. The number of rotatable bonds is 4. The normalized spacial score (nSPS) is 11.4. The van der Waals surface area contributed by atoms with E-state index in [0.717, 1.165) is 12.1 Å². The van der Waals surface area contributed by atoms with E-state index < -0.39 is 34.7 Å². The van der Waals surface area contributed by atoms with Gasteiger partial charge in [0.25, 0.3) is 5.56 Å². The van der Waals surface area contributed by atoms with Gasteiger partial charge in [-0.2, -0.15) is 13.2 Å². The minimum absolute atomic E-state index is 0.0132. The van der Waals surface area contributed by atoms with Gasteiger partial charge in [-0.1, -0.05) is 18.2 Å². The molecule has 0 aliphatic heterocycles. The number of benzene rings is 1. The molecular weight excluding hydrogens is 317 g/mol. The molecule has 0 unspecified atom stereocenters. The molecule has 0 atom stereocenters. The van der Waals surface area contributed by atoms with E-state index in [2.05, 4.69) is 0 Å². The van der Waals surface area contributed by atoms with Crippen LogP contribution in [0, 0.1) is 0 Å². The van der Waals surface area contributed by atoms with Crippen molar-refractivity contribution >= 4 is 5.97 Å². The van der Waals surface area contributed by atoms with E-state index in [0.29, 0.717) is 5.56 Å². The van der Waals surface area contributed by atoms with Gasteiger partial charge in [0.1, 0.15) is 5.69 Å². The first kappa shape index (κ1) is 16.5. The molecule has 0 aliphatic rings. The van der Waals surface area contributed by atoms with Crippen molar-refractivity contribution in [3.8, 4) is 0 Å². The highest BCUT2D eigenvalue weighted by atomic mass is 19.4. The number of aromatic amines is 2. The lowest BCUT2D eigenvalue weighted by Gasteiger charge is -2.09. The fourth-order valence-electron chi connectivity index (χ4n) is 2.11. The van der Waals surface area contributed by atoms with Crippen LogP contribution in [0.2, 0.25) is 0 Å². The maximum absolute atomic E-state index is 12.6. The molecular formula is C14H11F3N2O4. The van der Waals surface area contributed by atoms with Crippen LogP contribution in [-0.2, 0) is 19.0 Å². The number of carboxylic acids is 1. The molecule has 23 heavy (non-hydrogen) atoms. The van der Waals surface area contributed by atoms with Crippen LogP contribution in [0.4, 0.5) is 13.2 Å². The van der Waals surface area contributed by atoms with Gasteiger partial charge in [0.2, 0.25) is 0 Å². The molecule has 3 N–H and O–H groups in total. The van der Waals surface area contributed by atoms with Gasteiger partial charge in [-0.3, -0.25) is 9.78 Å². The molecule has 0 amide bonds. The molecule has 2 rings (SSSR count). The number of H-pyrrole nitrogens is 2. The Morgan fingerprint density at radius 1 is 1.13 bits per heavy atom. The van der Waals surface area contributed by atoms with E-state index >= 15 is 0 Å². The van der Waals surface area contributed by atoms with Crippen LogP contribution < -0.4 is 11.2 Å². The minimum Gasteiger partial charge on any atom is -0.477 e. The van der Waals surface area contributed by atoms with Crippen molar-refractivity contribution in [3.63, 3.8) is 0 Å².